The number of aromatic nitrogens is 7. The molecule has 1 amide bonds. The van der Waals surface area contributed by atoms with Crippen molar-refractivity contribution in [2.45, 2.75) is 0 Å². The maximum atomic E-state index is 12.5. The van der Waals surface area contributed by atoms with E-state index in [0.29, 0.717) is 17.3 Å². The van der Waals surface area contributed by atoms with Crippen LogP contribution in [0.3, 0.4) is 0 Å². The van der Waals surface area contributed by atoms with Crippen LogP contribution in [0, 0.1) is 0 Å². The van der Waals surface area contributed by atoms with Gasteiger partial charge in [-0.1, -0.05) is 18.2 Å². The van der Waals surface area contributed by atoms with Gasteiger partial charge in [-0.05, 0) is 42.5 Å². The van der Waals surface area contributed by atoms with E-state index in [9.17, 15) is 4.79 Å². The molecule has 156 valence electrons. The van der Waals surface area contributed by atoms with Gasteiger partial charge >= 0.3 is 0 Å². The molecule has 0 saturated heterocycles. The van der Waals surface area contributed by atoms with Crippen LogP contribution in [-0.2, 0) is 0 Å². The summed E-state index contributed by atoms with van der Waals surface area (Å²) in [5.74, 6) is 0.937. The molecular formula is C22H17N9O. The first kappa shape index (κ1) is 19.1. The highest BCUT2D eigenvalue weighted by Gasteiger charge is 2.12. The molecule has 0 atom stereocenters. The zero-order valence-corrected chi connectivity index (χ0v) is 16.7. The number of carbonyl (C=O) groups is 1. The number of hydrogen-bond donors (Lipinski definition) is 2. The van der Waals surface area contributed by atoms with Crippen LogP contribution in [-0.4, -0.2) is 40.6 Å². The van der Waals surface area contributed by atoms with E-state index in [1.165, 1.54) is 17.3 Å². The maximum Gasteiger partial charge on any atom is 0.277 e. The van der Waals surface area contributed by atoms with Gasteiger partial charge < -0.3 is 10.6 Å². The molecule has 0 radical (unpaired) electrons. The van der Waals surface area contributed by atoms with Gasteiger partial charge in [0.05, 0.1) is 11.9 Å². The third kappa shape index (κ3) is 4.19. The topological polar surface area (TPSA) is 115 Å². The summed E-state index contributed by atoms with van der Waals surface area (Å²) in [6.07, 6.45) is 6.40. The molecular weight excluding hydrogens is 406 g/mol. The molecule has 0 spiro atoms. The third-order valence-electron chi connectivity index (χ3n) is 4.52. The van der Waals surface area contributed by atoms with E-state index in [2.05, 4.69) is 35.9 Å². The minimum Gasteiger partial charge on any atom is -0.340 e. The van der Waals surface area contributed by atoms with Gasteiger partial charge in [-0.25, -0.2) is 14.6 Å². The molecule has 3 heterocycles. The number of hydrogen-bond acceptors (Lipinski definition) is 7. The zero-order chi connectivity index (χ0) is 21.8. The van der Waals surface area contributed by atoms with Gasteiger partial charge in [0.15, 0.2) is 11.5 Å². The molecule has 2 N–H and O–H groups in total. The highest BCUT2D eigenvalue weighted by atomic mass is 16.2. The Labute approximate surface area is 182 Å². The minimum absolute atomic E-state index is 0.225. The van der Waals surface area contributed by atoms with Crippen LogP contribution in [0.4, 0.5) is 17.2 Å². The summed E-state index contributed by atoms with van der Waals surface area (Å²) < 4.78 is 1.65. The average molecular weight is 423 g/mol. The fourth-order valence-corrected chi connectivity index (χ4v) is 2.98. The molecule has 32 heavy (non-hydrogen) atoms. The van der Waals surface area contributed by atoms with Crippen molar-refractivity contribution in [3.05, 3.63) is 97.3 Å². The molecule has 0 saturated carbocycles. The molecule has 10 nitrogen and oxygen atoms in total. The largest absolute Gasteiger partial charge is 0.340 e. The van der Waals surface area contributed by atoms with Crippen molar-refractivity contribution in [2.75, 3.05) is 10.6 Å². The first-order chi connectivity index (χ1) is 15.7. The Morgan fingerprint density at radius 2 is 1.69 bits per heavy atom. The first-order valence-electron chi connectivity index (χ1n) is 9.73. The first-order valence-corrected chi connectivity index (χ1v) is 9.73. The second-order valence-electron chi connectivity index (χ2n) is 6.72. The van der Waals surface area contributed by atoms with Crippen LogP contribution < -0.4 is 10.6 Å². The molecule has 0 aliphatic carbocycles. The number of nitrogens with one attached hydrogen (secondary N) is 2. The minimum atomic E-state index is -0.340. The molecule has 0 aliphatic rings. The predicted octanol–water partition coefficient (Wildman–Crippen LogP) is 3.24. The highest BCUT2D eigenvalue weighted by Crippen LogP contribution is 2.19. The molecule has 0 aliphatic heterocycles. The Morgan fingerprint density at radius 3 is 2.47 bits per heavy atom. The lowest BCUT2D eigenvalue weighted by atomic mass is 10.2. The Bertz CT molecular complexity index is 1330. The van der Waals surface area contributed by atoms with Crippen molar-refractivity contribution in [1.29, 1.82) is 0 Å². The Hall–Kier alpha value is -4.86. The van der Waals surface area contributed by atoms with Crippen LogP contribution in [0.2, 0.25) is 0 Å². The fraction of sp³-hybridized carbons (Fsp3) is 0. The Kier molecular flexibility index (Phi) is 5.07. The third-order valence-corrected chi connectivity index (χ3v) is 4.52. The summed E-state index contributed by atoms with van der Waals surface area (Å²) in [6.45, 7) is 0. The summed E-state index contributed by atoms with van der Waals surface area (Å²) in [6, 6.07) is 20.3. The normalized spacial score (nSPS) is 10.6. The Balaban J connectivity index is 1.24. The molecule has 10 heteroatoms. The summed E-state index contributed by atoms with van der Waals surface area (Å²) in [5, 5.41) is 18.6. The standard InChI is InChI=1S/C22H17N9O/c32-22(19-14-26-31(29-19)18-5-2-1-3-6-18)28-17-9-7-16(8-10-17)27-20-13-21(24-15-23-20)30-12-4-11-25-30/h1-15H,(H,28,32)(H,23,24,27). The quantitative estimate of drug-likeness (QED) is 0.431. The predicted molar refractivity (Wildman–Crippen MR) is 118 cm³/mol. The van der Waals surface area contributed by atoms with Crippen LogP contribution in [0.1, 0.15) is 10.5 Å². The number of para-hydroxylation sites is 1. The zero-order valence-electron chi connectivity index (χ0n) is 16.7. The highest BCUT2D eigenvalue weighted by molar-refractivity contribution is 6.02. The number of nitrogens with zero attached hydrogens (tertiary/aromatic N) is 7. The summed E-state index contributed by atoms with van der Waals surface area (Å²) in [7, 11) is 0. The number of rotatable bonds is 6. The maximum absolute atomic E-state index is 12.5. The second-order valence-corrected chi connectivity index (χ2v) is 6.72. The van der Waals surface area contributed by atoms with E-state index in [0.717, 1.165) is 11.4 Å². The van der Waals surface area contributed by atoms with Crippen molar-refractivity contribution >= 4 is 23.1 Å². The molecule has 0 bridgehead atoms. The van der Waals surface area contributed by atoms with E-state index in [4.69, 9.17) is 0 Å². The molecule has 3 aromatic heterocycles. The molecule has 0 unspecified atom stereocenters. The average Bonchev–Trinajstić information content (AvgIpc) is 3.54. The van der Waals surface area contributed by atoms with Crippen LogP contribution in [0.5, 0.6) is 0 Å². The van der Waals surface area contributed by atoms with Crippen molar-refractivity contribution in [2.24, 2.45) is 0 Å². The SMILES string of the molecule is O=C(Nc1ccc(Nc2cc(-n3cccn3)ncn2)cc1)c1cnn(-c2ccccc2)n1. The molecule has 0 fully saturated rings. The van der Waals surface area contributed by atoms with Gasteiger partial charge in [0.25, 0.3) is 5.91 Å². The summed E-state index contributed by atoms with van der Waals surface area (Å²) in [4.78, 5) is 22.4. The van der Waals surface area contributed by atoms with E-state index in [-0.39, 0.29) is 11.6 Å². The van der Waals surface area contributed by atoms with Gasteiger partial charge in [-0.15, -0.1) is 5.10 Å². The lowest BCUT2D eigenvalue weighted by Gasteiger charge is -2.08. The van der Waals surface area contributed by atoms with Gasteiger partial charge in [0.2, 0.25) is 0 Å². The summed E-state index contributed by atoms with van der Waals surface area (Å²) in [5.41, 5.74) is 2.45. The number of anilines is 3. The lowest BCUT2D eigenvalue weighted by molar-refractivity contribution is 0.102. The van der Waals surface area contributed by atoms with Crippen molar-refractivity contribution in [3.63, 3.8) is 0 Å². The lowest BCUT2D eigenvalue weighted by Crippen LogP contribution is -2.13. The smallest absolute Gasteiger partial charge is 0.277 e. The van der Waals surface area contributed by atoms with Crippen LogP contribution in [0.15, 0.2) is 91.6 Å². The van der Waals surface area contributed by atoms with E-state index >= 15 is 0 Å². The molecule has 2 aromatic carbocycles. The van der Waals surface area contributed by atoms with Crippen molar-refractivity contribution in [1.82, 2.24) is 34.7 Å². The number of amides is 1. The van der Waals surface area contributed by atoms with E-state index in [1.807, 2.05) is 54.7 Å². The summed E-state index contributed by atoms with van der Waals surface area (Å²) >= 11 is 0. The molecule has 5 aromatic rings. The Morgan fingerprint density at radius 1 is 0.875 bits per heavy atom. The van der Waals surface area contributed by atoms with Crippen molar-refractivity contribution < 1.29 is 4.79 Å². The van der Waals surface area contributed by atoms with Gasteiger partial charge in [-0.3, -0.25) is 4.79 Å². The van der Waals surface area contributed by atoms with E-state index < -0.39 is 0 Å². The number of carbonyl (C=O) groups excluding carboxylic acids is 1. The van der Waals surface area contributed by atoms with Gasteiger partial charge in [0, 0.05) is 29.8 Å². The van der Waals surface area contributed by atoms with Crippen LogP contribution >= 0.6 is 0 Å². The monoisotopic (exact) mass is 423 g/mol. The molecule has 5 rings (SSSR count). The number of benzene rings is 2. The van der Waals surface area contributed by atoms with Crippen LogP contribution in [0.25, 0.3) is 11.5 Å². The van der Waals surface area contributed by atoms with Crippen molar-refractivity contribution in [3.8, 4) is 11.5 Å². The van der Waals surface area contributed by atoms with Gasteiger partial charge in [0.1, 0.15) is 12.1 Å². The fourth-order valence-electron chi connectivity index (χ4n) is 2.98. The second kappa shape index (κ2) is 8.48. The van der Waals surface area contributed by atoms with Gasteiger partial charge in [-0.2, -0.15) is 15.0 Å². The van der Waals surface area contributed by atoms with E-state index in [1.54, 1.807) is 29.1 Å².